The van der Waals surface area contributed by atoms with Crippen LogP contribution in [0, 0.1) is 5.82 Å². The van der Waals surface area contributed by atoms with Crippen LogP contribution in [-0.4, -0.2) is 9.55 Å². The maximum absolute atomic E-state index is 13.2. The second kappa shape index (κ2) is 5.87. The molecule has 5 heteroatoms. The Hall–Kier alpha value is -1.55. The topological polar surface area (TPSA) is 29.9 Å². The molecule has 96 valence electrons. The predicted molar refractivity (Wildman–Crippen MR) is 71.3 cm³/mol. The molecule has 18 heavy (non-hydrogen) atoms. The number of aromatic nitrogens is 2. The maximum atomic E-state index is 13.2. The monoisotopic (exact) mass is 267 g/mol. The van der Waals surface area contributed by atoms with Crippen LogP contribution >= 0.6 is 11.6 Å². The number of rotatable bonds is 5. The van der Waals surface area contributed by atoms with E-state index in [-0.39, 0.29) is 5.82 Å². The number of anilines is 1. The average molecular weight is 268 g/mol. The summed E-state index contributed by atoms with van der Waals surface area (Å²) >= 11 is 5.79. The maximum Gasteiger partial charge on any atom is 0.126 e. The van der Waals surface area contributed by atoms with Crippen LogP contribution in [0.25, 0.3) is 0 Å². The molecule has 2 rings (SSSR count). The van der Waals surface area contributed by atoms with Gasteiger partial charge in [-0.15, -0.1) is 0 Å². The number of hydrogen-bond acceptors (Lipinski definition) is 2. The number of nitrogens with one attached hydrogen (secondary N) is 1. The van der Waals surface area contributed by atoms with Gasteiger partial charge in [-0.2, -0.15) is 0 Å². The zero-order valence-corrected chi connectivity index (χ0v) is 10.9. The highest BCUT2D eigenvalue weighted by atomic mass is 35.5. The summed E-state index contributed by atoms with van der Waals surface area (Å²) in [6.45, 7) is 3.64. The first kappa shape index (κ1) is 12.9. The molecule has 0 aliphatic carbocycles. The summed E-state index contributed by atoms with van der Waals surface area (Å²) < 4.78 is 15.2. The Kier molecular flexibility index (Phi) is 4.20. The van der Waals surface area contributed by atoms with E-state index in [0.717, 1.165) is 18.7 Å². The molecule has 0 aliphatic heterocycles. The summed E-state index contributed by atoms with van der Waals surface area (Å²) in [4.78, 5) is 4.11. The Bertz CT molecular complexity index is 504. The summed E-state index contributed by atoms with van der Waals surface area (Å²) in [7, 11) is 0. The van der Waals surface area contributed by atoms with Crippen LogP contribution < -0.4 is 5.32 Å². The molecular weight excluding hydrogens is 253 g/mol. The minimum atomic E-state index is -0.341. The van der Waals surface area contributed by atoms with E-state index in [2.05, 4.69) is 21.8 Å². The van der Waals surface area contributed by atoms with E-state index < -0.39 is 0 Å². The van der Waals surface area contributed by atoms with Gasteiger partial charge in [-0.3, -0.25) is 0 Å². The van der Waals surface area contributed by atoms with Gasteiger partial charge >= 0.3 is 0 Å². The molecular formula is C13H15ClFN3. The lowest BCUT2D eigenvalue weighted by atomic mass is 10.3. The Labute approximate surface area is 111 Å². The van der Waals surface area contributed by atoms with Crippen LogP contribution in [0.1, 0.15) is 19.0 Å². The quantitative estimate of drug-likeness (QED) is 0.895. The third-order valence-electron chi connectivity index (χ3n) is 2.60. The lowest BCUT2D eigenvalue weighted by Crippen LogP contribution is -2.07. The van der Waals surface area contributed by atoms with Crippen molar-refractivity contribution in [1.29, 1.82) is 0 Å². The first-order valence-electron chi connectivity index (χ1n) is 5.88. The van der Waals surface area contributed by atoms with Crippen LogP contribution in [0.3, 0.4) is 0 Å². The molecule has 0 saturated carbocycles. The zero-order chi connectivity index (χ0) is 13.0. The van der Waals surface area contributed by atoms with Crippen molar-refractivity contribution in [3.8, 4) is 0 Å². The number of nitrogens with zero attached hydrogens (tertiary/aromatic N) is 2. The largest absolute Gasteiger partial charge is 0.379 e. The second-order valence-corrected chi connectivity index (χ2v) is 4.53. The van der Waals surface area contributed by atoms with Crippen molar-refractivity contribution in [3.63, 3.8) is 0 Å². The Morgan fingerprint density at radius 2 is 2.22 bits per heavy atom. The van der Waals surface area contributed by atoms with Gasteiger partial charge in [0.15, 0.2) is 0 Å². The minimum absolute atomic E-state index is 0.341. The van der Waals surface area contributed by atoms with Crippen molar-refractivity contribution in [2.75, 3.05) is 5.32 Å². The van der Waals surface area contributed by atoms with E-state index in [4.69, 9.17) is 11.6 Å². The SMILES string of the molecule is CCCn1cncc1CNc1cc(F)cc(Cl)c1. The number of benzene rings is 1. The van der Waals surface area contributed by atoms with Crippen molar-refractivity contribution in [2.45, 2.75) is 26.4 Å². The first-order chi connectivity index (χ1) is 8.69. The van der Waals surface area contributed by atoms with E-state index in [9.17, 15) is 4.39 Å². The summed E-state index contributed by atoms with van der Waals surface area (Å²) in [6, 6.07) is 4.41. The van der Waals surface area contributed by atoms with Crippen molar-refractivity contribution in [3.05, 3.63) is 47.3 Å². The van der Waals surface area contributed by atoms with E-state index in [1.807, 2.05) is 6.20 Å². The third kappa shape index (κ3) is 3.23. The lowest BCUT2D eigenvalue weighted by molar-refractivity contribution is 0.628. The molecule has 0 spiro atoms. The van der Waals surface area contributed by atoms with E-state index >= 15 is 0 Å². The molecule has 0 aliphatic rings. The minimum Gasteiger partial charge on any atom is -0.379 e. The number of aryl methyl sites for hydroxylation is 1. The number of hydrogen-bond donors (Lipinski definition) is 1. The molecule has 1 aromatic carbocycles. The van der Waals surface area contributed by atoms with Gasteiger partial charge < -0.3 is 9.88 Å². The molecule has 0 fully saturated rings. The normalized spacial score (nSPS) is 10.6. The third-order valence-corrected chi connectivity index (χ3v) is 2.82. The molecule has 0 radical (unpaired) electrons. The van der Waals surface area contributed by atoms with Crippen molar-refractivity contribution in [2.24, 2.45) is 0 Å². The fourth-order valence-electron chi connectivity index (χ4n) is 1.79. The lowest BCUT2D eigenvalue weighted by Gasteiger charge is -2.09. The Morgan fingerprint density at radius 1 is 1.39 bits per heavy atom. The first-order valence-corrected chi connectivity index (χ1v) is 6.26. The van der Waals surface area contributed by atoms with Crippen LogP contribution in [0.2, 0.25) is 5.02 Å². The highest BCUT2D eigenvalue weighted by molar-refractivity contribution is 6.30. The van der Waals surface area contributed by atoms with Crippen LogP contribution in [0.15, 0.2) is 30.7 Å². The highest BCUT2D eigenvalue weighted by Gasteiger charge is 2.03. The number of imidazole rings is 1. The Morgan fingerprint density at radius 3 is 2.94 bits per heavy atom. The summed E-state index contributed by atoms with van der Waals surface area (Å²) in [6.07, 6.45) is 4.66. The van der Waals surface area contributed by atoms with Gasteiger partial charge in [0.1, 0.15) is 5.82 Å². The van der Waals surface area contributed by atoms with Crippen LogP contribution in [-0.2, 0) is 13.1 Å². The fraction of sp³-hybridized carbons (Fsp3) is 0.308. The van der Waals surface area contributed by atoms with Crippen LogP contribution in [0.5, 0.6) is 0 Å². The van der Waals surface area contributed by atoms with E-state index in [1.54, 1.807) is 12.4 Å². The van der Waals surface area contributed by atoms with Gasteiger partial charge in [0.2, 0.25) is 0 Å². The highest BCUT2D eigenvalue weighted by Crippen LogP contribution is 2.18. The average Bonchev–Trinajstić information content (AvgIpc) is 2.73. The van der Waals surface area contributed by atoms with Gasteiger partial charge in [-0.25, -0.2) is 9.37 Å². The zero-order valence-electron chi connectivity index (χ0n) is 10.2. The molecule has 0 unspecified atom stereocenters. The summed E-state index contributed by atoms with van der Waals surface area (Å²) in [5.74, 6) is -0.341. The number of halogens is 2. The standard InChI is InChI=1S/C13H15ClFN3/c1-2-3-18-9-16-7-13(18)8-17-12-5-10(14)4-11(15)6-12/h4-7,9,17H,2-3,8H2,1H3. The van der Waals surface area contributed by atoms with Gasteiger partial charge in [-0.1, -0.05) is 18.5 Å². The predicted octanol–water partition coefficient (Wildman–Crippen LogP) is 3.70. The molecule has 2 aromatic rings. The molecule has 0 amide bonds. The molecule has 0 bridgehead atoms. The molecule has 1 N–H and O–H groups in total. The van der Waals surface area contributed by atoms with Gasteiger partial charge in [-0.05, 0) is 24.6 Å². The molecule has 0 atom stereocenters. The molecule has 1 aromatic heterocycles. The van der Waals surface area contributed by atoms with Gasteiger partial charge in [0.05, 0.1) is 18.6 Å². The summed E-state index contributed by atoms with van der Waals surface area (Å²) in [5, 5.41) is 3.53. The van der Waals surface area contributed by atoms with Gasteiger partial charge in [0.25, 0.3) is 0 Å². The van der Waals surface area contributed by atoms with E-state index in [0.29, 0.717) is 17.3 Å². The summed E-state index contributed by atoms with van der Waals surface area (Å²) in [5.41, 5.74) is 1.74. The molecule has 1 heterocycles. The van der Waals surface area contributed by atoms with Crippen molar-refractivity contribution < 1.29 is 4.39 Å². The molecule has 3 nitrogen and oxygen atoms in total. The van der Waals surface area contributed by atoms with Gasteiger partial charge in [0, 0.05) is 23.5 Å². The molecule has 0 saturated heterocycles. The Balaban J connectivity index is 2.04. The van der Waals surface area contributed by atoms with Crippen molar-refractivity contribution in [1.82, 2.24) is 9.55 Å². The fourth-order valence-corrected chi connectivity index (χ4v) is 2.01. The second-order valence-electron chi connectivity index (χ2n) is 4.09. The van der Waals surface area contributed by atoms with E-state index in [1.165, 1.54) is 12.1 Å². The smallest absolute Gasteiger partial charge is 0.126 e. The van der Waals surface area contributed by atoms with Crippen molar-refractivity contribution >= 4 is 17.3 Å². The van der Waals surface area contributed by atoms with Crippen LogP contribution in [0.4, 0.5) is 10.1 Å².